The zero-order chi connectivity index (χ0) is 19.6. The highest BCUT2D eigenvalue weighted by molar-refractivity contribution is 7.14. The SMILES string of the molecule is Cc1nc(-c2ccncc2)c(C(=O)N2CCC(O)(Cc3ccccc3)CC2)s1. The number of aliphatic hydroxyl groups is 1. The van der Waals surface area contributed by atoms with Gasteiger partial charge < -0.3 is 10.0 Å². The minimum absolute atomic E-state index is 0.000765. The number of aromatic nitrogens is 2. The number of carbonyl (C=O) groups is 1. The third kappa shape index (κ3) is 3.98. The minimum atomic E-state index is -0.754. The first-order valence-electron chi connectivity index (χ1n) is 9.47. The number of pyridine rings is 1. The van der Waals surface area contributed by atoms with Crippen molar-refractivity contribution < 1.29 is 9.90 Å². The fourth-order valence-electron chi connectivity index (χ4n) is 3.70. The number of carbonyl (C=O) groups excluding carboxylic acids is 1. The van der Waals surface area contributed by atoms with Gasteiger partial charge in [-0.3, -0.25) is 9.78 Å². The van der Waals surface area contributed by atoms with E-state index in [2.05, 4.69) is 9.97 Å². The molecule has 1 N–H and O–H groups in total. The Hall–Kier alpha value is -2.57. The van der Waals surface area contributed by atoms with Gasteiger partial charge in [0.1, 0.15) is 4.88 Å². The first-order chi connectivity index (χ1) is 13.5. The molecule has 0 unspecified atom stereocenters. The molecule has 0 aliphatic carbocycles. The molecule has 144 valence electrons. The fraction of sp³-hybridized carbons (Fsp3) is 0.318. The second kappa shape index (κ2) is 7.81. The molecule has 1 aromatic carbocycles. The standard InChI is InChI=1S/C22H23N3O2S/c1-16-24-19(18-7-11-23-12-8-18)20(28-16)21(26)25-13-9-22(27,10-14-25)15-17-5-3-2-4-6-17/h2-8,11-12,27H,9-10,13-15H2,1H3. The normalized spacial score (nSPS) is 16.1. The number of piperidine rings is 1. The van der Waals surface area contributed by atoms with Crippen molar-refractivity contribution in [2.24, 2.45) is 0 Å². The van der Waals surface area contributed by atoms with E-state index in [1.807, 2.05) is 54.3 Å². The van der Waals surface area contributed by atoms with Crippen LogP contribution in [0, 0.1) is 6.92 Å². The number of hydrogen-bond donors (Lipinski definition) is 1. The Morgan fingerprint density at radius 1 is 1.14 bits per heavy atom. The minimum Gasteiger partial charge on any atom is -0.389 e. The molecular weight excluding hydrogens is 370 g/mol. The Kier molecular flexibility index (Phi) is 5.24. The summed E-state index contributed by atoms with van der Waals surface area (Å²) in [5.41, 5.74) is 2.00. The van der Waals surface area contributed by atoms with Crippen LogP contribution in [0.5, 0.6) is 0 Å². The number of aryl methyl sites for hydroxylation is 1. The molecule has 3 heterocycles. The van der Waals surface area contributed by atoms with Crippen LogP contribution in [-0.2, 0) is 6.42 Å². The summed E-state index contributed by atoms with van der Waals surface area (Å²) in [5.74, 6) is -0.000765. The van der Waals surface area contributed by atoms with Crippen LogP contribution in [0.25, 0.3) is 11.3 Å². The number of nitrogens with zero attached hydrogens (tertiary/aromatic N) is 3. The Morgan fingerprint density at radius 3 is 2.50 bits per heavy atom. The van der Waals surface area contributed by atoms with Gasteiger partial charge in [0.25, 0.3) is 5.91 Å². The lowest BCUT2D eigenvalue weighted by atomic mass is 9.85. The van der Waals surface area contributed by atoms with E-state index in [4.69, 9.17) is 0 Å². The average molecular weight is 394 g/mol. The lowest BCUT2D eigenvalue weighted by Crippen LogP contribution is -2.47. The van der Waals surface area contributed by atoms with Crippen LogP contribution in [-0.4, -0.2) is 44.6 Å². The Labute approximate surface area is 168 Å². The Balaban J connectivity index is 1.48. The molecule has 3 aromatic rings. The smallest absolute Gasteiger partial charge is 0.266 e. The molecule has 2 aromatic heterocycles. The van der Waals surface area contributed by atoms with E-state index in [9.17, 15) is 9.90 Å². The summed E-state index contributed by atoms with van der Waals surface area (Å²) in [6.07, 6.45) is 5.20. The molecule has 1 saturated heterocycles. The average Bonchev–Trinajstić information content (AvgIpc) is 3.11. The van der Waals surface area contributed by atoms with Crippen molar-refractivity contribution in [2.45, 2.75) is 31.8 Å². The number of hydrogen-bond acceptors (Lipinski definition) is 5. The summed E-state index contributed by atoms with van der Waals surface area (Å²) in [7, 11) is 0. The van der Waals surface area contributed by atoms with E-state index >= 15 is 0 Å². The van der Waals surface area contributed by atoms with Crippen LogP contribution in [0.1, 0.15) is 33.1 Å². The van der Waals surface area contributed by atoms with Crippen molar-refractivity contribution in [3.05, 3.63) is 70.3 Å². The van der Waals surface area contributed by atoms with Crippen LogP contribution in [0.2, 0.25) is 0 Å². The number of likely N-dealkylation sites (tertiary alicyclic amines) is 1. The molecule has 6 heteroatoms. The highest BCUT2D eigenvalue weighted by atomic mass is 32.1. The van der Waals surface area contributed by atoms with E-state index < -0.39 is 5.60 Å². The third-order valence-corrected chi connectivity index (χ3v) is 6.20. The number of rotatable bonds is 4. The van der Waals surface area contributed by atoms with E-state index in [-0.39, 0.29) is 5.91 Å². The van der Waals surface area contributed by atoms with E-state index in [1.54, 1.807) is 12.4 Å². The molecule has 1 fully saturated rings. The van der Waals surface area contributed by atoms with Gasteiger partial charge in [-0.2, -0.15) is 0 Å². The summed E-state index contributed by atoms with van der Waals surface area (Å²) >= 11 is 1.43. The summed E-state index contributed by atoms with van der Waals surface area (Å²) in [6, 6.07) is 13.8. The van der Waals surface area contributed by atoms with Gasteiger partial charge in [-0.1, -0.05) is 30.3 Å². The van der Waals surface area contributed by atoms with E-state index in [1.165, 1.54) is 11.3 Å². The molecule has 0 bridgehead atoms. The molecule has 1 amide bonds. The summed E-state index contributed by atoms with van der Waals surface area (Å²) in [5, 5.41) is 11.8. The predicted molar refractivity (Wildman–Crippen MR) is 110 cm³/mol. The van der Waals surface area contributed by atoms with Crippen LogP contribution in [0.15, 0.2) is 54.9 Å². The van der Waals surface area contributed by atoms with Crippen molar-refractivity contribution in [1.82, 2.24) is 14.9 Å². The quantitative estimate of drug-likeness (QED) is 0.734. The highest BCUT2D eigenvalue weighted by Gasteiger charge is 2.35. The molecule has 5 nitrogen and oxygen atoms in total. The van der Waals surface area contributed by atoms with E-state index in [0.29, 0.717) is 37.2 Å². The van der Waals surface area contributed by atoms with Crippen molar-refractivity contribution >= 4 is 17.2 Å². The van der Waals surface area contributed by atoms with Crippen molar-refractivity contribution in [3.63, 3.8) is 0 Å². The van der Waals surface area contributed by atoms with Gasteiger partial charge in [0.15, 0.2) is 0 Å². The molecule has 0 radical (unpaired) electrons. The zero-order valence-electron chi connectivity index (χ0n) is 15.8. The highest BCUT2D eigenvalue weighted by Crippen LogP contribution is 2.32. The maximum atomic E-state index is 13.2. The van der Waals surface area contributed by atoms with Crippen LogP contribution in [0.4, 0.5) is 0 Å². The largest absolute Gasteiger partial charge is 0.389 e. The molecule has 1 aliphatic heterocycles. The van der Waals surface area contributed by atoms with Gasteiger partial charge in [-0.05, 0) is 37.5 Å². The number of thiazole rings is 1. The molecular formula is C22H23N3O2S. The van der Waals surface area contributed by atoms with Crippen molar-refractivity contribution in [1.29, 1.82) is 0 Å². The van der Waals surface area contributed by atoms with Crippen molar-refractivity contribution in [2.75, 3.05) is 13.1 Å². The third-order valence-electron chi connectivity index (χ3n) is 5.24. The molecule has 0 atom stereocenters. The van der Waals surface area contributed by atoms with Gasteiger partial charge in [-0.25, -0.2) is 4.98 Å². The van der Waals surface area contributed by atoms with E-state index in [0.717, 1.165) is 21.8 Å². The summed E-state index contributed by atoms with van der Waals surface area (Å²) in [6.45, 7) is 3.02. The van der Waals surface area contributed by atoms with Crippen molar-refractivity contribution in [3.8, 4) is 11.3 Å². The van der Waals surface area contributed by atoms with Gasteiger partial charge in [-0.15, -0.1) is 11.3 Å². The number of amides is 1. The van der Waals surface area contributed by atoms with Crippen LogP contribution in [0.3, 0.4) is 0 Å². The van der Waals surface area contributed by atoms with Gasteiger partial charge in [0, 0.05) is 37.5 Å². The maximum absolute atomic E-state index is 13.2. The lowest BCUT2D eigenvalue weighted by molar-refractivity contribution is -0.0161. The van der Waals surface area contributed by atoms with Gasteiger partial charge in [0.2, 0.25) is 0 Å². The van der Waals surface area contributed by atoms with Gasteiger partial charge in [0.05, 0.1) is 16.3 Å². The first kappa shape index (κ1) is 18.8. The molecule has 1 aliphatic rings. The second-order valence-electron chi connectivity index (χ2n) is 7.33. The predicted octanol–water partition coefficient (Wildman–Crippen LogP) is 3.72. The molecule has 0 spiro atoms. The molecule has 4 rings (SSSR count). The molecule has 28 heavy (non-hydrogen) atoms. The summed E-state index contributed by atoms with van der Waals surface area (Å²) < 4.78 is 0. The fourth-order valence-corrected chi connectivity index (χ4v) is 4.61. The Morgan fingerprint density at radius 2 is 1.82 bits per heavy atom. The first-order valence-corrected chi connectivity index (χ1v) is 10.3. The monoisotopic (exact) mass is 393 g/mol. The topological polar surface area (TPSA) is 66.3 Å². The van der Waals surface area contributed by atoms with Crippen LogP contribution < -0.4 is 0 Å². The second-order valence-corrected chi connectivity index (χ2v) is 8.53. The summed E-state index contributed by atoms with van der Waals surface area (Å²) in [4.78, 5) is 24.3. The van der Waals surface area contributed by atoms with Gasteiger partial charge >= 0.3 is 0 Å². The number of benzene rings is 1. The lowest BCUT2D eigenvalue weighted by Gasteiger charge is -2.38. The Bertz CT molecular complexity index is 948. The maximum Gasteiger partial charge on any atom is 0.266 e. The zero-order valence-corrected chi connectivity index (χ0v) is 16.7. The van der Waals surface area contributed by atoms with Crippen LogP contribution >= 0.6 is 11.3 Å². The molecule has 0 saturated carbocycles.